The van der Waals surface area contributed by atoms with E-state index in [1.54, 1.807) is 0 Å². The van der Waals surface area contributed by atoms with Crippen molar-refractivity contribution in [2.24, 2.45) is 0 Å². The first-order chi connectivity index (χ1) is 5.88. The summed E-state index contributed by atoms with van der Waals surface area (Å²) in [4.78, 5) is 9.54. The van der Waals surface area contributed by atoms with Gasteiger partial charge in [-0.3, -0.25) is 10.1 Å². The highest BCUT2D eigenvalue weighted by Gasteiger charge is 2.37. The Morgan fingerprint density at radius 3 is 2.46 bits per heavy atom. The molecule has 7 heteroatoms. The van der Waals surface area contributed by atoms with E-state index in [-0.39, 0.29) is 6.61 Å². The normalized spacial score (nSPS) is 13.8. The van der Waals surface area contributed by atoms with Crippen molar-refractivity contribution in [3.63, 3.8) is 0 Å². The number of nitro groups is 1. The largest absolute Gasteiger partial charge is 0.363 e. The Bertz CT molecular complexity index is 192. The van der Waals surface area contributed by atoms with E-state index in [2.05, 4.69) is 6.58 Å². The molecular formula is C6H8Cl3NO3. The Morgan fingerprint density at radius 2 is 2.15 bits per heavy atom. The number of alkyl halides is 3. The molecule has 13 heavy (non-hydrogen) atoms. The van der Waals surface area contributed by atoms with E-state index in [0.29, 0.717) is 0 Å². The van der Waals surface area contributed by atoms with Gasteiger partial charge < -0.3 is 4.74 Å². The third-order valence-corrected chi connectivity index (χ3v) is 1.83. The number of nitrogens with zero attached hydrogens (tertiary/aromatic N) is 1. The number of hydrogen-bond donors (Lipinski definition) is 0. The molecule has 0 aliphatic carbocycles. The molecule has 0 aliphatic heterocycles. The lowest BCUT2D eigenvalue weighted by Gasteiger charge is -2.20. The van der Waals surface area contributed by atoms with Gasteiger partial charge in [0.25, 0.3) is 0 Å². The van der Waals surface area contributed by atoms with Crippen molar-refractivity contribution < 1.29 is 9.66 Å². The van der Waals surface area contributed by atoms with E-state index in [0.717, 1.165) is 0 Å². The van der Waals surface area contributed by atoms with Crippen LogP contribution in [0.4, 0.5) is 0 Å². The maximum Gasteiger partial charge on any atom is 0.233 e. The fraction of sp³-hybridized carbons (Fsp3) is 0.667. The van der Waals surface area contributed by atoms with Crippen molar-refractivity contribution in [2.45, 2.75) is 9.90 Å². The van der Waals surface area contributed by atoms with Gasteiger partial charge in [-0.05, 0) is 0 Å². The van der Waals surface area contributed by atoms with Gasteiger partial charge in [0.1, 0.15) is 0 Å². The number of halogens is 3. The van der Waals surface area contributed by atoms with Gasteiger partial charge in [0.2, 0.25) is 10.3 Å². The number of hydrogen-bond acceptors (Lipinski definition) is 3. The summed E-state index contributed by atoms with van der Waals surface area (Å²) in [5, 5.41) is 10.1. The zero-order valence-electron chi connectivity index (χ0n) is 6.58. The zero-order valence-corrected chi connectivity index (χ0v) is 8.85. The molecule has 0 amide bonds. The predicted molar refractivity (Wildman–Crippen MR) is 52.1 cm³/mol. The molecule has 0 aromatic heterocycles. The minimum Gasteiger partial charge on any atom is -0.363 e. The van der Waals surface area contributed by atoms with E-state index in [1.165, 1.54) is 6.08 Å². The Balaban J connectivity index is 4.19. The Labute approximate surface area is 90.6 Å². The standard InChI is InChI=1S/C6H8Cl3NO3/c1-2-3-13-5(4-10(11)12)6(7,8)9/h2,5H,1,3-4H2. The topological polar surface area (TPSA) is 52.4 Å². The molecule has 1 atom stereocenters. The van der Waals surface area contributed by atoms with Crippen molar-refractivity contribution >= 4 is 34.8 Å². The smallest absolute Gasteiger partial charge is 0.233 e. The minimum atomic E-state index is -1.80. The summed E-state index contributed by atoms with van der Waals surface area (Å²) in [5.74, 6) is 0. The summed E-state index contributed by atoms with van der Waals surface area (Å²) in [6.45, 7) is 2.92. The fourth-order valence-corrected chi connectivity index (χ4v) is 0.966. The van der Waals surface area contributed by atoms with Gasteiger partial charge in [-0.25, -0.2) is 0 Å². The molecule has 0 heterocycles. The van der Waals surface area contributed by atoms with Crippen molar-refractivity contribution in [3.8, 4) is 0 Å². The van der Waals surface area contributed by atoms with Gasteiger partial charge in [-0.2, -0.15) is 0 Å². The molecule has 0 bridgehead atoms. The van der Waals surface area contributed by atoms with Crippen LogP contribution >= 0.6 is 34.8 Å². The van der Waals surface area contributed by atoms with Gasteiger partial charge in [0, 0.05) is 4.92 Å². The van der Waals surface area contributed by atoms with Gasteiger partial charge in [0.05, 0.1) is 6.61 Å². The molecule has 4 nitrogen and oxygen atoms in total. The summed E-state index contributed by atoms with van der Waals surface area (Å²) in [5.41, 5.74) is 0. The maximum atomic E-state index is 10.1. The van der Waals surface area contributed by atoms with Crippen LogP contribution < -0.4 is 0 Å². The highest BCUT2D eigenvalue weighted by Crippen LogP contribution is 2.32. The lowest BCUT2D eigenvalue weighted by atomic mass is 10.4. The summed E-state index contributed by atoms with van der Waals surface area (Å²) >= 11 is 16.3. The quantitative estimate of drug-likeness (QED) is 0.324. The molecular weight excluding hydrogens is 240 g/mol. The average Bonchev–Trinajstić information content (AvgIpc) is 1.95. The van der Waals surface area contributed by atoms with E-state index in [1.807, 2.05) is 0 Å². The van der Waals surface area contributed by atoms with Crippen molar-refractivity contribution in [1.29, 1.82) is 0 Å². The third-order valence-electron chi connectivity index (χ3n) is 1.10. The Kier molecular flexibility index (Phi) is 5.64. The third kappa shape index (κ3) is 6.10. The minimum absolute atomic E-state index is 0.104. The van der Waals surface area contributed by atoms with Crippen LogP contribution in [-0.4, -0.2) is 28.0 Å². The molecule has 1 unspecified atom stereocenters. The molecule has 0 aliphatic rings. The predicted octanol–water partition coefficient (Wildman–Crippen LogP) is 2.20. The van der Waals surface area contributed by atoms with Crippen LogP contribution in [-0.2, 0) is 4.74 Å². The first-order valence-corrected chi connectivity index (χ1v) is 4.42. The van der Waals surface area contributed by atoms with Crippen LogP contribution in [0.2, 0.25) is 0 Å². The second-order valence-electron chi connectivity index (χ2n) is 2.17. The van der Waals surface area contributed by atoms with Crippen LogP contribution in [0.5, 0.6) is 0 Å². The van der Waals surface area contributed by atoms with Crippen molar-refractivity contribution in [3.05, 3.63) is 22.8 Å². The molecule has 0 saturated carbocycles. The molecule has 76 valence electrons. The SMILES string of the molecule is C=CCOC(C[N+](=O)[O-])C(Cl)(Cl)Cl. The van der Waals surface area contributed by atoms with Gasteiger partial charge in [0.15, 0.2) is 6.10 Å². The lowest BCUT2D eigenvalue weighted by molar-refractivity contribution is -0.491. The van der Waals surface area contributed by atoms with E-state index in [9.17, 15) is 10.1 Å². The summed E-state index contributed by atoms with van der Waals surface area (Å²) < 4.78 is 3.12. The first-order valence-electron chi connectivity index (χ1n) is 3.29. The molecule has 0 fully saturated rings. The van der Waals surface area contributed by atoms with E-state index >= 15 is 0 Å². The number of ether oxygens (including phenoxy) is 1. The second kappa shape index (κ2) is 5.65. The van der Waals surface area contributed by atoms with Crippen LogP contribution in [0, 0.1) is 10.1 Å². The Morgan fingerprint density at radius 1 is 1.62 bits per heavy atom. The zero-order chi connectivity index (χ0) is 10.5. The van der Waals surface area contributed by atoms with Gasteiger partial charge in [-0.1, -0.05) is 40.9 Å². The highest BCUT2D eigenvalue weighted by molar-refractivity contribution is 6.68. The second-order valence-corrected chi connectivity index (χ2v) is 4.54. The molecule has 0 saturated heterocycles. The molecule has 0 N–H and O–H groups in total. The monoisotopic (exact) mass is 247 g/mol. The van der Waals surface area contributed by atoms with Crippen LogP contribution in [0.15, 0.2) is 12.7 Å². The van der Waals surface area contributed by atoms with E-state index < -0.39 is 21.4 Å². The maximum absolute atomic E-state index is 10.1. The Hall–Kier alpha value is -0.0300. The summed E-state index contributed by atoms with van der Waals surface area (Å²) in [7, 11) is 0. The van der Waals surface area contributed by atoms with E-state index in [4.69, 9.17) is 39.5 Å². The molecule has 0 spiro atoms. The average molecular weight is 248 g/mol. The van der Waals surface area contributed by atoms with Crippen LogP contribution in [0.25, 0.3) is 0 Å². The molecule has 0 aromatic rings. The highest BCUT2D eigenvalue weighted by atomic mass is 35.6. The van der Waals surface area contributed by atoms with Crippen molar-refractivity contribution in [1.82, 2.24) is 0 Å². The summed E-state index contributed by atoms with van der Waals surface area (Å²) in [6, 6.07) is 0. The molecule has 0 aromatic carbocycles. The first kappa shape index (κ1) is 13.0. The molecule has 0 rings (SSSR count). The fourth-order valence-electron chi connectivity index (χ4n) is 0.570. The summed E-state index contributed by atoms with van der Waals surface area (Å²) in [6.07, 6.45) is 0.356. The van der Waals surface area contributed by atoms with Gasteiger partial charge >= 0.3 is 0 Å². The van der Waals surface area contributed by atoms with Crippen molar-refractivity contribution in [2.75, 3.05) is 13.2 Å². The van der Waals surface area contributed by atoms with Crippen LogP contribution in [0.3, 0.4) is 0 Å². The van der Waals surface area contributed by atoms with Crippen LogP contribution in [0.1, 0.15) is 0 Å². The van der Waals surface area contributed by atoms with Gasteiger partial charge in [-0.15, -0.1) is 6.58 Å². The lowest BCUT2D eigenvalue weighted by Crippen LogP contribution is -2.35. The molecule has 0 radical (unpaired) electrons. The number of rotatable bonds is 5.